The van der Waals surface area contributed by atoms with Gasteiger partial charge in [0.25, 0.3) is 5.91 Å². The first-order valence-electron chi connectivity index (χ1n) is 10.6. The Kier molecular flexibility index (Phi) is 5.42. The number of rotatable bonds is 6. The van der Waals surface area contributed by atoms with E-state index in [4.69, 9.17) is 9.26 Å². The van der Waals surface area contributed by atoms with E-state index < -0.39 is 5.82 Å². The average Bonchev–Trinajstić information content (AvgIpc) is 3.57. The Bertz CT molecular complexity index is 1060. The highest BCUT2D eigenvalue weighted by Gasteiger charge is 2.36. The highest BCUT2D eigenvalue weighted by atomic mass is 19.1. The summed E-state index contributed by atoms with van der Waals surface area (Å²) in [5.74, 6) is 0.0977. The second-order valence-corrected chi connectivity index (χ2v) is 7.95. The molecule has 2 aromatic carbocycles. The molecular formula is C24H24FN3O3. The first-order chi connectivity index (χ1) is 15.2. The summed E-state index contributed by atoms with van der Waals surface area (Å²) in [5, 5.41) is 4.39. The second-order valence-electron chi connectivity index (χ2n) is 7.95. The SMILES string of the molecule is O=C(c1cccc(F)c1)N(Cc1c(-c2ccccc2)noc1N1CCOCC1)C1CC1. The van der Waals surface area contributed by atoms with Crippen LogP contribution >= 0.6 is 0 Å². The van der Waals surface area contributed by atoms with Crippen molar-refractivity contribution in [3.05, 3.63) is 71.5 Å². The number of benzene rings is 2. The molecule has 2 aliphatic rings. The molecular weight excluding hydrogens is 397 g/mol. The van der Waals surface area contributed by atoms with Crippen molar-refractivity contribution in [3.63, 3.8) is 0 Å². The van der Waals surface area contributed by atoms with Crippen molar-refractivity contribution >= 4 is 11.8 Å². The van der Waals surface area contributed by atoms with Gasteiger partial charge in [0.2, 0.25) is 5.88 Å². The van der Waals surface area contributed by atoms with Crippen molar-refractivity contribution in [2.24, 2.45) is 0 Å². The minimum atomic E-state index is -0.412. The van der Waals surface area contributed by atoms with Crippen LogP contribution in [-0.4, -0.2) is 48.3 Å². The summed E-state index contributed by atoms with van der Waals surface area (Å²) < 4.78 is 25.1. The summed E-state index contributed by atoms with van der Waals surface area (Å²) in [5.41, 5.74) is 2.91. The van der Waals surface area contributed by atoms with E-state index in [0.717, 1.165) is 29.7 Å². The van der Waals surface area contributed by atoms with E-state index in [0.29, 0.717) is 44.3 Å². The van der Waals surface area contributed by atoms with E-state index in [-0.39, 0.29) is 11.9 Å². The average molecular weight is 421 g/mol. The summed E-state index contributed by atoms with van der Waals surface area (Å²) in [6.45, 7) is 3.01. The van der Waals surface area contributed by atoms with Gasteiger partial charge in [0, 0.05) is 30.3 Å². The van der Waals surface area contributed by atoms with E-state index >= 15 is 0 Å². The molecule has 0 N–H and O–H groups in total. The van der Waals surface area contributed by atoms with Crippen LogP contribution < -0.4 is 4.90 Å². The number of carbonyl (C=O) groups is 1. The molecule has 6 nitrogen and oxygen atoms in total. The van der Waals surface area contributed by atoms with Gasteiger partial charge in [-0.2, -0.15) is 0 Å². The van der Waals surface area contributed by atoms with E-state index in [1.165, 1.54) is 12.1 Å². The van der Waals surface area contributed by atoms with Gasteiger partial charge in [-0.25, -0.2) is 4.39 Å². The van der Waals surface area contributed by atoms with E-state index in [1.807, 2.05) is 35.2 Å². The van der Waals surface area contributed by atoms with Crippen LogP contribution in [0.15, 0.2) is 59.1 Å². The molecule has 1 saturated carbocycles. The molecule has 0 radical (unpaired) electrons. The highest BCUT2D eigenvalue weighted by Crippen LogP contribution is 2.36. The predicted octanol–water partition coefficient (Wildman–Crippen LogP) is 4.12. The van der Waals surface area contributed by atoms with Crippen LogP contribution in [0, 0.1) is 5.82 Å². The zero-order valence-corrected chi connectivity index (χ0v) is 17.2. The van der Waals surface area contributed by atoms with Crippen molar-refractivity contribution in [1.29, 1.82) is 0 Å². The maximum Gasteiger partial charge on any atom is 0.254 e. The Labute approximate surface area is 180 Å². The minimum Gasteiger partial charge on any atom is -0.378 e. The number of hydrogen-bond donors (Lipinski definition) is 0. The molecule has 7 heteroatoms. The number of morpholine rings is 1. The lowest BCUT2D eigenvalue weighted by Gasteiger charge is -2.28. The van der Waals surface area contributed by atoms with Crippen LogP contribution in [0.4, 0.5) is 10.3 Å². The number of halogens is 1. The standard InChI is InChI=1S/C24H24FN3O3/c25-19-8-4-7-18(15-19)23(29)28(20-9-10-20)16-21-22(17-5-2-1-3-6-17)26-31-24(21)27-11-13-30-14-12-27/h1-8,15,20H,9-14,16H2. The van der Waals surface area contributed by atoms with Gasteiger partial charge in [0.15, 0.2) is 0 Å². The zero-order chi connectivity index (χ0) is 21.2. The molecule has 1 aliphatic carbocycles. The number of ether oxygens (including phenoxy) is 1. The van der Waals surface area contributed by atoms with Crippen molar-refractivity contribution in [3.8, 4) is 11.3 Å². The van der Waals surface area contributed by atoms with Crippen molar-refractivity contribution in [2.45, 2.75) is 25.4 Å². The fourth-order valence-corrected chi connectivity index (χ4v) is 3.99. The zero-order valence-electron chi connectivity index (χ0n) is 17.2. The predicted molar refractivity (Wildman–Crippen MR) is 114 cm³/mol. The summed E-state index contributed by atoms with van der Waals surface area (Å²) >= 11 is 0. The molecule has 0 bridgehead atoms. The topological polar surface area (TPSA) is 58.8 Å². The number of anilines is 1. The molecule has 1 amide bonds. The van der Waals surface area contributed by atoms with Gasteiger partial charge >= 0.3 is 0 Å². The Morgan fingerprint density at radius 2 is 1.87 bits per heavy atom. The number of hydrogen-bond acceptors (Lipinski definition) is 5. The Morgan fingerprint density at radius 3 is 2.58 bits per heavy atom. The maximum absolute atomic E-state index is 13.8. The first kappa shape index (κ1) is 19.8. The van der Waals surface area contributed by atoms with Crippen LogP contribution in [0.3, 0.4) is 0 Å². The fraction of sp³-hybridized carbons (Fsp3) is 0.333. The van der Waals surface area contributed by atoms with Crippen LogP contribution in [0.25, 0.3) is 11.3 Å². The second kappa shape index (κ2) is 8.51. The van der Waals surface area contributed by atoms with Gasteiger partial charge in [-0.1, -0.05) is 41.6 Å². The van der Waals surface area contributed by atoms with Crippen molar-refractivity contribution in [2.75, 3.05) is 31.2 Å². The fourth-order valence-electron chi connectivity index (χ4n) is 3.99. The molecule has 0 unspecified atom stereocenters. The van der Waals surface area contributed by atoms with Crippen molar-refractivity contribution < 1.29 is 18.4 Å². The normalized spacial score (nSPS) is 16.4. The lowest BCUT2D eigenvalue weighted by molar-refractivity contribution is 0.0729. The van der Waals surface area contributed by atoms with Crippen LogP contribution in [0.1, 0.15) is 28.8 Å². The van der Waals surface area contributed by atoms with Gasteiger partial charge < -0.3 is 19.1 Å². The number of aromatic nitrogens is 1. The lowest BCUT2D eigenvalue weighted by Crippen LogP contribution is -2.37. The molecule has 3 aromatic rings. The van der Waals surface area contributed by atoms with Gasteiger partial charge in [-0.05, 0) is 31.0 Å². The molecule has 2 heterocycles. The first-order valence-corrected chi connectivity index (χ1v) is 10.6. The van der Waals surface area contributed by atoms with E-state index in [1.54, 1.807) is 12.1 Å². The minimum absolute atomic E-state index is 0.145. The summed E-state index contributed by atoms with van der Waals surface area (Å²) in [4.78, 5) is 17.3. The third-order valence-electron chi connectivity index (χ3n) is 5.76. The summed E-state index contributed by atoms with van der Waals surface area (Å²) in [6.07, 6.45) is 1.89. The summed E-state index contributed by atoms with van der Waals surface area (Å²) in [6, 6.07) is 15.9. The Hall–Kier alpha value is -3.19. The van der Waals surface area contributed by atoms with Crippen molar-refractivity contribution in [1.82, 2.24) is 10.1 Å². The number of nitrogens with zero attached hydrogens (tertiary/aromatic N) is 3. The highest BCUT2D eigenvalue weighted by molar-refractivity contribution is 5.94. The van der Waals surface area contributed by atoms with Gasteiger partial charge in [-0.15, -0.1) is 0 Å². The number of amides is 1. The Balaban J connectivity index is 1.52. The van der Waals surface area contributed by atoms with E-state index in [9.17, 15) is 9.18 Å². The van der Waals surface area contributed by atoms with Gasteiger partial charge in [0.1, 0.15) is 11.5 Å². The molecule has 2 fully saturated rings. The van der Waals surface area contributed by atoms with Crippen LogP contribution in [-0.2, 0) is 11.3 Å². The molecule has 31 heavy (non-hydrogen) atoms. The van der Waals surface area contributed by atoms with E-state index in [2.05, 4.69) is 10.1 Å². The van der Waals surface area contributed by atoms with Crippen LogP contribution in [0.5, 0.6) is 0 Å². The summed E-state index contributed by atoms with van der Waals surface area (Å²) in [7, 11) is 0. The smallest absolute Gasteiger partial charge is 0.254 e. The number of carbonyl (C=O) groups excluding carboxylic acids is 1. The molecule has 1 aliphatic heterocycles. The molecule has 160 valence electrons. The van der Waals surface area contributed by atoms with Gasteiger partial charge in [-0.3, -0.25) is 4.79 Å². The third kappa shape index (κ3) is 4.18. The van der Waals surface area contributed by atoms with Crippen LogP contribution in [0.2, 0.25) is 0 Å². The molecule has 5 rings (SSSR count). The molecule has 0 spiro atoms. The maximum atomic E-state index is 13.8. The third-order valence-corrected chi connectivity index (χ3v) is 5.76. The molecule has 1 aromatic heterocycles. The molecule has 1 saturated heterocycles. The van der Waals surface area contributed by atoms with Gasteiger partial charge in [0.05, 0.1) is 25.3 Å². The Morgan fingerprint density at radius 1 is 1.10 bits per heavy atom. The largest absolute Gasteiger partial charge is 0.378 e. The molecule has 0 atom stereocenters. The lowest BCUT2D eigenvalue weighted by atomic mass is 10.1. The quantitative estimate of drug-likeness (QED) is 0.599. The monoisotopic (exact) mass is 421 g/mol.